The van der Waals surface area contributed by atoms with Crippen molar-refractivity contribution in [3.63, 3.8) is 0 Å². The fourth-order valence-corrected chi connectivity index (χ4v) is 0.493. The molecule has 0 rings (SSSR count). The van der Waals surface area contributed by atoms with E-state index in [-0.39, 0.29) is 0 Å². The van der Waals surface area contributed by atoms with Gasteiger partial charge in [0.05, 0.1) is 0 Å². The van der Waals surface area contributed by atoms with Gasteiger partial charge in [-0.2, -0.15) is 0 Å². The van der Waals surface area contributed by atoms with Crippen molar-refractivity contribution >= 4 is 16.3 Å². The molecule has 0 unspecified atom stereocenters. The average Bonchev–Trinajstić information content (AvgIpc) is 1.35. The second-order valence-electron chi connectivity index (χ2n) is 1.21. The quantitative estimate of drug-likeness (QED) is 0.339. The van der Waals surface area contributed by atoms with Crippen molar-refractivity contribution < 1.29 is 0 Å². The summed E-state index contributed by atoms with van der Waals surface area (Å²) in [6.45, 7) is 5.60. The molecule has 28 valence electrons. The molecule has 0 atom stereocenters. The minimum atomic E-state index is 1.09. The van der Waals surface area contributed by atoms with Crippen LogP contribution in [0.3, 0.4) is 0 Å². The second kappa shape index (κ2) is 3.21. The molecule has 1 heteroatoms. The number of rotatable bonds is 1. The average molecular weight is 94.1 g/mol. The van der Waals surface area contributed by atoms with Crippen LogP contribution < -0.4 is 0 Å². The molecule has 0 aromatic rings. The molecule has 0 spiro atoms. The molecular weight excluding hydrogens is 87.0 g/mol. The zero-order chi connectivity index (χ0) is 4.99. The van der Waals surface area contributed by atoms with Gasteiger partial charge in [0.1, 0.15) is 0 Å². The standard InChI is InChI=1S/C5H7.Al/c1-4-5(2)3;/h1,4H,2H2,3H3;/q;+2. The van der Waals surface area contributed by atoms with Crippen molar-refractivity contribution in [2.24, 2.45) is 0 Å². The SMILES string of the molecule is C=C(C)C=[CH][Al+2]. The summed E-state index contributed by atoms with van der Waals surface area (Å²) in [5.41, 5.74) is 1.09. The van der Waals surface area contributed by atoms with E-state index in [0.29, 0.717) is 0 Å². The monoisotopic (exact) mass is 94.0 g/mol. The molecule has 0 saturated carbocycles. The summed E-state index contributed by atoms with van der Waals surface area (Å²) in [7, 11) is 0. The Balaban J connectivity index is 3.30. The van der Waals surface area contributed by atoms with Crippen molar-refractivity contribution in [1.82, 2.24) is 0 Å². The summed E-state index contributed by atoms with van der Waals surface area (Å²) in [6.07, 6.45) is 1.94. The van der Waals surface area contributed by atoms with Gasteiger partial charge in [0.15, 0.2) is 0 Å². The van der Waals surface area contributed by atoms with Gasteiger partial charge in [0.2, 0.25) is 0 Å². The van der Waals surface area contributed by atoms with Crippen LogP contribution in [-0.2, 0) is 0 Å². The van der Waals surface area contributed by atoms with E-state index >= 15 is 0 Å². The topological polar surface area (TPSA) is 0 Å². The first-order chi connectivity index (χ1) is 2.77. The van der Waals surface area contributed by atoms with Crippen LogP contribution >= 0.6 is 0 Å². The minimum absolute atomic E-state index is 1.09. The van der Waals surface area contributed by atoms with Gasteiger partial charge >= 0.3 is 46.4 Å². The van der Waals surface area contributed by atoms with Crippen LogP contribution in [0.1, 0.15) is 6.92 Å². The molecule has 0 aromatic carbocycles. The van der Waals surface area contributed by atoms with Crippen molar-refractivity contribution in [2.75, 3.05) is 0 Å². The Kier molecular flexibility index (Phi) is 3.22. The van der Waals surface area contributed by atoms with E-state index in [9.17, 15) is 0 Å². The van der Waals surface area contributed by atoms with Crippen LogP contribution in [0.15, 0.2) is 23.2 Å². The van der Waals surface area contributed by atoms with E-state index in [1.54, 1.807) is 0 Å². The molecule has 0 aliphatic heterocycles. The Morgan fingerprint density at radius 3 is 2.33 bits per heavy atom. The first-order valence-corrected chi connectivity index (χ1v) is 2.48. The van der Waals surface area contributed by atoms with Crippen LogP contribution in [0.2, 0.25) is 0 Å². The fourth-order valence-electron chi connectivity index (χ4n) is 0.164. The summed E-state index contributed by atoms with van der Waals surface area (Å²) in [4.78, 5) is 1.89. The Morgan fingerprint density at radius 2 is 2.33 bits per heavy atom. The summed E-state index contributed by atoms with van der Waals surface area (Å²) >= 11 is 2.48. The first kappa shape index (κ1) is 6.01. The Bertz CT molecular complexity index is 72.0. The van der Waals surface area contributed by atoms with Crippen LogP contribution in [-0.4, -0.2) is 16.3 Å². The third-order valence-corrected chi connectivity index (χ3v) is 0.573. The predicted octanol–water partition coefficient (Wildman–Crippen LogP) is 1.24. The molecule has 0 fully saturated rings. The summed E-state index contributed by atoms with van der Waals surface area (Å²) in [6, 6.07) is 0. The van der Waals surface area contributed by atoms with Crippen LogP contribution in [0, 0.1) is 0 Å². The second-order valence-corrected chi connectivity index (χ2v) is 1.59. The molecule has 0 N–H and O–H groups in total. The van der Waals surface area contributed by atoms with E-state index < -0.39 is 0 Å². The van der Waals surface area contributed by atoms with Gasteiger partial charge in [-0.15, -0.1) is 0 Å². The zero-order valence-electron chi connectivity index (χ0n) is 3.94. The molecule has 0 amide bonds. The molecule has 0 aliphatic carbocycles. The van der Waals surface area contributed by atoms with Crippen molar-refractivity contribution in [3.8, 4) is 0 Å². The molecule has 0 heterocycles. The maximum atomic E-state index is 3.64. The molecule has 0 aromatic heterocycles. The third kappa shape index (κ3) is 4.01. The van der Waals surface area contributed by atoms with Gasteiger partial charge < -0.3 is 0 Å². The van der Waals surface area contributed by atoms with Gasteiger partial charge in [0.25, 0.3) is 0 Å². The number of hydrogen-bond donors (Lipinski definition) is 0. The molecular formula is C5H7Al+2. The van der Waals surface area contributed by atoms with Gasteiger partial charge in [-0.05, 0) is 0 Å². The predicted molar refractivity (Wildman–Crippen MR) is 29.7 cm³/mol. The van der Waals surface area contributed by atoms with Gasteiger partial charge in [-0.25, -0.2) is 0 Å². The molecule has 0 radical (unpaired) electrons. The van der Waals surface area contributed by atoms with Crippen LogP contribution in [0.5, 0.6) is 0 Å². The molecule has 0 bridgehead atoms. The first-order valence-electron chi connectivity index (χ1n) is 1.81. The molecule has 0 nitrogen and oxygen atoms in total. The molecule has 0 saturated heterocycles. The van der Waals surface area contributed by atoms with E-state index in [1.807, 2.05) is 17.9 Å². The number of hydrogen-bond acceptors (Lipinski definition) is 0. The maximum absolute atomic E-state index is 3.64. The Morgan fingerprint density at radius 1 is 1.83 bits per heavy atom. The number of allylic oxidation sites excluding steroid dienone is 2. The Hall–Kier alpha value is 0.0125. The zero-order valence-corrected chi connectivity index (χ0v) is 5.09. The fraction of sp³-hybridized carbons (Fsp3) is 0.200. The van der Waals surface area contributed by atoms with E-state index in [1.165, 1.54) is 0 Å². The summed E-state index contributed by atoms with van der Waals surface area (Å²) < 4.78 is 0. The summed E-state index contributed by atoms with van der Waals surface area (Å²) in [5, 5.41) is 0. The third-order valence-electron chi connectivity index (χ3n) is 0.381. The van der Waals surface area contributed by atoms with Crippen LogP contribution in [0.4, 0.5) is 0 Å². The van der Waals surface area contributed by atoms with E-state index in [0.717, 1.165) is 5.57 Å². The summed E-state index contributed by atoms with van der Waals surface area (Å²) in [5.74, 6) is 0. The van der Waals surface area contributed by atoms with Crippen molar-refractivity contribution in [3.05, 3.63) is 23.2 Å². The van der Waals surface area contributed by atoms with Crippen LogP contribution in [0.25, 0.3) is 0 Å². The van der Waals surface area contributed by atoms with Crippen molar-refractivity contribution in [2.45, 2.75) is 6.92 Å². The Labute approximate surface area is 47.0 Å². The van der Waals surface area contributed by atoms with Crippen molar-refractivity contribution in [1.29, 1.82) is 0 Å². The van der Waals surface area contributed by atoms with E-state index in [4.69, 9.17) is 0 Å². The van der Waals surface area contributed by atoms with Gasteiger partial charge in [-0.1, -0.05) is 0 Å². The van der Waals surface area contributed by atoms with E-state index in [2.05, 4.69) is 22.9 Å². The van der Waals surface area contributed by atoms with Gasteiger partial charge in [0, 0.05) is 0 Å². The normalized spacial score (nSPS) is 9.83. The molecule has 0 aliphatic rings. The molecule has 6 heavy (non-hydrogen) atoms. The van der Waals surface area contributed by atoms with Gasteiger partial charge in [-0.3, -0.25) is 0 Å².